The van der Waals surface area contributed by atoms with E-state index >= 15 is 0 Å². The summed E-state index contributed by atoms with van der Waals surface area (Å²) >= 11 is 0. The molecule has 0 saturated carbocycles. The van der Waals surface area contributed by atoms with Crippen molar-refractivity contribution in [2.45, 2.75) is 26.3 Å². The molecule has 0 radical (unpaired) electrons. The summed E-state index contributed by atoms with van der Waals surface area (Å²) in [7, 11) is 0. The van der Waals surface area contributed by atoms with Gasteiger partial charge in [-0.25, -0.2) is 0 Å². The molecule has 0 aromatic heterocycles. The van der Waals surface area contributed by atoms with Gasteiger partial charge in [0, 0.05) is 18.0 Å². The average Bonchev–Trinajstić information content (AvgIpc) is 2.60. The van der Waals surface area contributed by atoms with Crippen molar-refractivity contribution in [2.24, 2.45) is 5.92 Å². The van der Waals surface area contributed by atoms with Gasteiger partial charge in [0.1, 0.15) is 5.75 Å². The van der Waals surface area contributed by atoms with E-state index in [2.05, 4.69) is 19.2 Å². The highest BCUT2D eigenvalue weighted by Crippen LogP contribution is 2.18. The van der Waals surface area contributed by atoms with E-state index in [1.54, 1.807) is 48.5 Å². The zero-order chi connectivity index (χ0) is 18.2. The second kappa shape index (κ2) is 8.87. The maximum atomic E-state index is 12.4. The van der Waals surface area contributed by atoms with Crippen molar-refractivity contribution in [3.8, 4) is 5.75 Å². The minimum absolute atomic E-state index is 0.286. The molecule has 0 heterocycles. The van der Waals surface area contributed by atoms with Crippen molar-refractivity contribution < 1.29 is 19.4 Å². The summed E-state index contributed by atoms with van der Waals surface area (Å²) in [5.74, 6) is -0.448. The maximum absolute atomic E-state index is 12.4. The van der Waals surface area contributed by atoms with Gasteiger partial charge in [-0.15, -0.1) is 0 Å². The minimum atomic E-state index is -1.22. The minimum Gasteiger partial charge on any atom is -0.550 e. The summed E-state index contributed by atoms with van der Waals surface area (Å²) in [6, 6.07) is 15.1. The van der Waals surface area contributed by atoms with Gasteiger partial charge >= 0.3 is 0 Å². The van der Waals surface area contributed by atoms with Crippen LogP contribution in [0.25, 0.3) is 0 Å². The summed E-state index contributed by atoms with van der Waals surface area (Å²) in [6.07, 6.45) is -0.286. The van der Waals surface area contributed by atoms with Crippen LogP contribution in [-0.2, 0) is 4.79 Å². The number of amides is 1. The Labute approximate surface area is 147 Å². The van der Waals surface area contributed by atoms with Gasteiger partial charge in [-0.3, -0.25) is 4.79 Å². The molecule has 2 aromatic carbocycles. The van der Waals surface area contributed by atoms with Crippen molar-refractivity contribution >= 4 is 11.9 Å². The first-order chi connectivity index (χ1) is 12.0. The van der Waals surface area contributed by atoms with Gasteiger partial charge in [-0.1, -0.05) is 44.2 Å². The third-order valence-corrected chi connectivity index (χ3v) is 3.58. The van der Waals surface area contributed by atoms with E-state index < -0.39 is 12.0 Å². The lowest BCUT2D eigenvalue weighted by Crippen LogP contribution is -2.34. The highest BCUT2D eigenvalue weighted by atomic mass is 16.5. The number of carboxylic acid groups (broad SMARTS) is 1. The standard InChI is InChI=1S/C20H23NO4/c1-14(2)13-25-17-10-8-16(9-11-17)20(24)21-18(12-19(22)23)15-6-4-3-5-7-15/h3-11,14,18H,12-13H2,1-2H3,(H,21,24)(H,22,23)/p-1. The lowest BCUT2D eigenvalue weighted by atomic mass is 10.0. The molecule has 0 bridgehead atoms. The van der Waals surface area contributed by atoms with Crippen molar-refractivity contribution in [1.82, 2.24) is 5.32 Å². The summed E-state index contributed by atoms with van der Waals surface area (Å²) in [5.41, 5.74) is 1.16. The number of benzene rings is 2. The van der Waals surface area contributed by atoms with Crippen LogP contribution in [0.15, 0.2) is 54.6 Å². The molecule has 5 heteroatoms. The van der Waals surface area contributed by atoms with Crippen molar-refractivity contribution in [2.75, 3.05) is 6.61 Å². The van der Waals surface area contributed by atoms with Gasteiger partial charge in [-0.05, 0) is 35.7 Å². The van der Waals surface area contributed by atoms with Crippen LogP contribution in [-0.4, -0.2) is 18.5 Å². The number of carbonyl (C=O) groups excluding carboxylic acids is 2. The SMILES string of the molecule is CC(C)COc1ccc(C(=O)NC(CC(=O)[O-])c2ccccc2)cc1. The largest absolute Gasteiger partial charge is 0.550 e. The Bertz CT molecular complexity index is 695. The first-order valence-electron chi connectivity index (χ1n) is 8.24. The first-order valence-corrected chi connectivity index (χ1v) is 8.24. The number of hydrogen-bond acceptors (Lipinski definition) is 4. The molecule has 25 heavy (non-hydrogen) atoms. The fourth-order valence-electron chi connectivity index (χ4n) is 2.31. The first kappa shape index (κ1) is 18.5. The van der Waals surface area contributed by atoms with Gasteiger partial charge in [0.05, 0.1) is 12.6 Å². The smallest absolute Gasteiger partial charge is 0.251 e. The second-order valence-electron chi connectivity index (χ2n) is 6.24. The fourth-order valence-corrected chi connectivity index (χ4v) is 2.31. The van der Waals surface area contributed by atoms with Crippen molar-refractivity contribution in [3.63, 3.8) is 0 Å². The van der Waals surface area contributed by atoms with Gasteiger partial charge in [0.15, 0.2) is 0 Å². The summed E-state index contributed by atoms with van der Waals surface area (Å²) in [5, 5.41) is 13.7. The Kier molecular flexibility index (Phi) is 6.57. The highest BCUT2D eigenvalue weighted by molar-refractivity contribution is 5.94. The molecule has 1 N–H and O–H groups in total. The van der Waals surface area contributed by atoms with Crippen LogP contribution >= 0.6 is 0 Å². The maximum Gasteiger partial charge on any atom is 0.251 e. The third-order valence-electron chi connectivity index (χ3n) is 3.58. The van der Waals surface area contributed by atoms with E-state index in [9.17, 15) is 14.7 Å². The van der Waals surface area contributed by atoms with Crippen LogP contribution in [0.2, 0.25) is 0 Å². The lowest BCUT2D eigenvalue weighted by Gasteiger charge is -2.20. The molecule has 2 rings (SSSR count). The highest BCUT2D eigenvalue weighted by Gasteiger charge is 2.16. The van der Waals surface area contributed by atoms with Crippen molar-refractivity contribution in [3.05, 3.63) is 65.7 Å². The molecule has 0 saturated heterocycles. The Morgan fingerprint density at radius 3 is 2.24 bits per heavy atom. The second-order valence-corrected chi connectivity index (χ2v) is 6.24. The monoisotopic (exact) mass is 340 g/mol. The number of ether oxygens (including phenoxy) is 1. The van der Waals surface area contributed by atoms with Crippen LogP contribution in [0.1, 0.15) is 42.2 Å². The summed E-state index contributed by atoms with van der Waals surface area (Å²) in [6.45, 7) is 4.72. The summed E-state index contributed by atoms with van der Waals surface area (Å²) in [4.78, 5) is 23.4. The molecular weight excluding hydrogens is 318 g/mol. The molecule has 1 amide bonds. The van der Waals surface area contributed by atoms with E-state index in [-0.39, 0.29) is 12.3 Å². The Hall–Kier alpha value is -2.82. The number of rotatable bonds is 8. The van der Waals surface area contributed by atoms with Crippen LogP contribution in [0.3, 0.4) is 0 Å². The molecule has 0 aliphatic rings. The fraction of sp³-hybridized carbons (Fsp3) is 0.300. The molecule has 0 fully saturated rings. The normalized spacial score (nSPS) is 11.8. The molecule has 0 aliphatic heterocycles. The lowest BCUT2D eigenvalue weighted by molar-refractivity contribution is -0.306. The molecule has 2 aromatic rings. The van der Waals surface area contributed by atoms with Crippen LogP contribution < -0.4 is 15.2 Å². The van der Waals surface area contributed by atoms with Gasteiger partial charge in [0.2, 0.25) is 0 Å². The third kappa shape index (κ3) is 5.95. The Morgan fingerprint density at radius 1 is 1.04 bits per heavy atom. The van der Waals surface area contributed by atoms with Gasteiger partial charge in [-0.2, -0.15) is 0 Å². The molecule has 1 unspecified atom stereocenters. The van der Waals surface area contributed by atoms with E-state index in [4.69, 9.17) is 4.74 Å². The number of carboxylic acids is 1. The average molecular weight is 340 g/mol. The number of carbonyl (C=O) groups is 2. The van der Waals surface area contributed by atoms with E-state index in [1.807, 2.05) is 6.07 Å². The summed E-state index contributed by atoms with van der Waals surface area (Å²) < 4.78 is 5.59. The van der Waals surface area contributed by atoms with E-state index in [0.717, 1.165) is 5.56 Å². The van der Waals surface area contributed by atoms with Gasteiger partial charge in [0.25, 0.3) is 5.91 Å². The predicted molar refractivity (Wildman–Crippen MR) is 93.0 cm³/mol. The van der Waals surface area contributed by atoms with E-state index in [0.29, 0.717) is 23.8 Å². The van der Waals surface area contributed by atoms with E-state index in [1.165, 1.54) is 0 Å². The zero-order valence-electron chi connectivity index (χ0n) is 14.4. The Morgan fingerprint density at radius 2 is 1.68 bits per heavy atom. The Balaban J connectivity index is 2.06. The molecular formula is C20H22NO4-. The number of hydrogen-bond donors (Lipinski definition) is 1. The quantitative estimate of drug-likeness (QED) is 0.800. The molecule has 132 valence electrons. The van der Waals surface area contributed by atoms with Gasteiger partial charge < -0.3 is 20.0 Å². The number of aliphatic carboxylic acids is 1. The zero-order valence-corrected chi connectivity index (χ0v) is 14.4. The van der Waals surface area contributed by atoms with Crippen LogP contribution in [0.5, 0.6) is 5.75 Å². The van der Waals surface area contributed by atoms with Crippen LogP contribution in [0, 0.1) is 5.92 Å². The topological polar surface area (TPSA) is 78.5 Å². The molecule has 5 nitrogen and oxygen atoms in total. The molecule has 0 aliphatic carbocycles. The molecule has 0 spiro atoms. The van der Waals surface area contributed by atoms with Crippen LogP contribution in [0.4, 0.5) is 0 Å². The predicted octanol–water partition coefficient (Wildman–Crippen LogP) is 2.33. The van der Waals surface area contributed by atoms with Crippen molar-refractivity contribution in [1.29, 1.82) is 0 Å². The number of nitrogens with one attached hydrogen (secondary N) is 1. The molecule has 1 atom stereocenters.